The van der Waals surface area contributed by atoms with E-state index in [-0.39, 0.29) is 42.2 Å². The van der Waals surface area contributed by atoms with Crippen molar-refractivity contribution >= 4 is 46.6 Å². The van der Waals surface area contributed by atoms with E-state index < -0.39 is 11.9 Å². The zero-order valence-electron chi connectivity index (χ0n) is 31.6. The van der Waals surface area contributed by atoms with E-state index in [4.69, 9.17) is 4.74 Å². The number of hydrogen-bond donors (Lipinski definition) is 2. The van der Waals surface area contributed by atoms with Crippen molar-refractivity contribution in [2.45, 2.75) is 89.7 Å². The minimum Gasteiger partial charge on any atom is -0.489 e. The van der Waals surface area contributed by atoms with Crippen LogP contribution in [0.25, 0.3) is 5.65 Å². The van der Waals surface area contributed by atoms with Crippen LogP contribution in [0.3, 0.4) is 0 Å². The van der Waals surface area contributed by atoms with Gasteiger partial charge in [0.25, 0.3) is 17.7 Å². The predicted octanol–water partition coefficient (Wildman–Crippen LogP) is 3.62. The molecule has 5 amide bonds. The molecular weight excluding hydrogens is 715 g/mol. The Labute approximate surface area is 323 Å². The number of anilines is 2. The van der Waals surface area contributed by atoms with E-state index in [0.717, 1.165) is 68.7 Å². The molecule has 2 aromatic carbocycles. The molecule has 2 aromatic heterocycles. The van der Waals surface area contributed by atoms with Crippen LogP contribution in [-0.4, -0.2) is 109 Å². The van der Waals surface area contributed by atoms with Crippen LogP contribution in [0, 0.1) is 0 Å². The number of nitrogens with zero attached hydrogens (tertiary/aromatic N) is 7. The molecule has 1 atom stereocenters. The number of hydrogen-bond acceptors (Lipinski definition) is 10. The van der Waals surface area contributed by atoms with E-state index in [2.05, 4.69) is 36.6 Å². The van der Waals surface area contributed by atoms with Gasteiger partial charge >= 0.3 is 0 Å². The Morgan fingerprint density at radius 1 is 0.875 bits per heavy atom. The molecule has 0 spiro atoms. The summed E-state index contributed by atoms with van der Waals surface area (Å²) >= 11 is 0. The van der Waals surface area contributed by atoms with Gasteiger partial charge in [-0.2, -0.15) is 5.10 Å². The molecule has 5 aliphatic rings. The molecule has 15 nitrogen and oxygen atoms in total. The van der Waals surface area contributed by atoms with Gasteiger partial charge in [-0.05, 0) is 93.5 Å². The van der Waals surface area contributed by atoms with Gasteiger partial charge < -0.3 is 29.7 Å². The maximum atomic E-state index is 13.9. The summed E-state index contributed by atoms with van der Waals surface area (Å²) in [4.78, 5) is 77.4. The van der Waals surface area contributed by atoms with E-state index >= 15 is 0 Å². The van der Waals surface area contributed by atoms with E-state index in [1.165, 1.54) is 6.20 Å². The zero-order chi connectivity index (χ0) is 38.7. The van der Waals surface area contributed by atoms with Crippen LogP contribution in [0.15, 0.2) is 55.0 Å². The smallest absolute Gasteiger partial charge is 0.261 e. The summed E-state index contributed by atoms with van der Waals surface area (Å²) in [7, 11) is 0. The summed E-state index contributed by atoms with van der Waals surface area (Å²) in [6.07, 6.45) is 9.11. The lowest BCUT2D eigenvalue weighted by Crippen LogP contribution is -2.52. The van der Waals surface area contributed by atoms with Gasteiger partial charge in [-0.1, -0.05) is 0 Å². The standard InChI is InChI=1S/C41H45N9O6/c1-24(2)56-35-20-31-26(19-33(35)44-38(52)32-21-43-50-13-3-12-42-37(32)50)22-48(41(31)55)28-10-16-46(17-11-28)27-8-14-47(15-9-27)29-4-5-30-25(18-29)23-49(40(30)54)34-6-7-36(51)45-39(34)53/h3-5,12-13,18-21,24,27-28,34H,6-11,14-17,22-23H2,1-2H3,(H,44,52)(H,45,51,53). The maximum absolute atomic E-state index is 13.9. The van der Waals surface area contributed by atoms with Crippen molar-refractivity contribution in [2.75, 3.05) is 36.4 Å². The zero-order valence-corrected chi connectivity index (χ0v) is 31.6. The molecule has 1 unspecified atom stereocenters. The number of rotatable bonds is 8. The molecule has 7 heterocycles. The third kappa shape index (κ3) is 6.52. The Balaban J connectivity index is 0.803. The molecule has 5 aliphatic heterocycles. The quantitative estimate of drug-likeness (QED) is 0.254. The van der Waals surface area contributed by atoms with Crippen molar-refractivity contribution in [3.05, 3.63) is 82.8 Å². The fraction of sp³-hybridized carbons (Fsp3) is 0.439. The fourth-order valence-corrected chi connectivity index (χ4v) is 9.10. The summed E-state index contributed by atoms with van der Waals surface area (Å²) in [5.74, 6) is -0.736. The predicted molar refractivity (Wildman–Crippen MR) is 205 cm³/mol. The number of carbonyl (C=O) groups is 5. The minimum atomic E-state index is -0.618. The van der Waals surface area contributed by atoms with Gasteiger partial charge in [0.2, 0.25) is 11.8 Å². The number of nitrogens with one attached hydrogen (secondary N) is 2. The average molecular weight is 760 g/mol. The lowest BCUT2D eigenvalue weighted by molar-refractivity contribution is -0.136. The number of amides is 5. The second kappa shape index (κ2) is 14.3. The van der Waals surface area contributed by atoms with Crippen molar-refractivity contribution in [3.63, 3.8) is 0 Å². The van der Waals surface area contributed by atoms with Crippen molar-refractivity contribution in [2.24, 2.45) is 0 Å². The Kier molecular flexibility index (Phi) is 9.18. The molecule has 3 saturated heterocycles. The van der Waals surface area contributed by atoms with E-state index in [0.29, 0.717) is 59.3 Å². The van der Waals surface area contributed by atoms with E-state index in [9.17, 15) is 24.0 Å². The van der Waals surface area contributed by atoms with Crippen LogP contribution in [0.2, 0.25) is 0 Å². The van der Waals surface area contributed by atoms with Crippen LogP contribution in [-0.2, 0) is 22.7 Å². The monoisotopic (exact) mass is 759 g/mol. The molecule has 9 rings (SSSR count). The highest BCUT2D eigenvalue weighted by atomic mass is 16.5. The molecule has 0 aliphatic carbocycles. The normalized spacial score (nSPS) is 20.9. The van der Waals surface area contributed by atoms with Gasteiger partial charge in [0, 0.05) is 87.0 Å². The van der Waals surface area contributed by atoms with Gasteiger partial charge in [-0.25, -0.2) is 9.50 Å². The largest absolute Gasteiger partial charge is 0.489 e. The van der Waals surface area contributed by atoms with E-state index in [1.807, 2.05) is 36.9 Å². The molecule has 56 heavy (non-hydrogen) atoms. The first-order valence-corrected chi connectivity index (χ1v) is 19.6. The van der Waals surface area contributed by atoms with Crippen molar-refractivity contribution < 1.29 is 28.7 Å². The number of likely N-dealkylation sites (tertiary alicyclic amines) is 1. The summed E-state index contributed by atoms with van der Waals surface area (Å²) in [6, 6.07) is 11.3. The molecule has 0 saturated carbocycles. The number of piperidine rings is 3. The number of fused-ring (bicyclic) bond motifs is 3. The van der Waals surface area contributed by atoms with Crippen LogP contribution >= 0.6 is 0 Å². The van der Waals surface area contributed by atoms with Gasteiger partial charge in [0.05, 0.1) is 18.0 Å². The first-order chi connectivity index (χ1) is 27.1. The van der Waals surface area contributed by atoms with Crippen molar-refractivity contribution in [1.29, 1.82) is 0 Å². The maximum Gasteiger partial charge on any atom is 0.261 e. The fourth-order valence-electron chi connectivity index (χ4n) is 9.10. The minimum absolute atomic E-state index is 0.00125. The third-order valence-corrected chi connectivity index (χ3v) is 12.0. The molecule has 2 N–H and O–H groups in total. The lowest BCUT2D eigenvalue weighted by atomic mass is 9.96. The highest BCUT2D eigenvalue weighted by molar-refractivity contribution is 6.09. The molecule has 290 valence electrons. The van der Waals surface area contributed by atoms with Crippen LogP contribution < -0.4 is 20.3 Å². The molecular formula is C41H45N9O6. The molecule has 3 fully saturated rings. The number of imide groups is 1. The van der Waals surface area contributed by atoms with Gasteiger partial charge in [0.15, 0.2) is 5.65 Å². The lowest BCUT2D eigenvalue weighted by Gasteiger charge is -2.43. The van der Waals surface area contributed by atoms with Crippen LogP contribution in [0.4, 0.5) is 11.4 Å². The first-order valence-electron chi connectivity index (χ1n) is 19.6. The number of carbonyl (C=O) groups excluding carboxylic acids is 5. The Morgan fingerprint density at radius 3 is 2.38 bits per heavy atom. The Hall–Kier alpha value is -5.83. The van der Waals surface area contributed by atoms with Crippen LogP contribution in [0.5, 0.6) is 5.75 Å². The Morgan fingerprint density at radius 2 is 1.61 bits per heavy atom. The highest BCUT2D eigenvalue weighted by Crippen LogP contribution is 2.38. The second-order valence-electron chi connectivity index (χ2n) is 15.7. The van der Waals surface area contributed by atoms with Gasteiger partial charge in [-0.3, -0.25) is 29.3 Å². The topological polar surface area (TPSA) is 162 Å². The van der Waals surface area contributed by atoms with E-state index in [1.54, 1.807) is 33.9 Å². The van der Waals surface area contributed by atoms with Crippen LogP contribution in [0.1, 0.15) is 94.6 Å². The second-order valence-corrected chi connectivity index (χ2v) is 15.7. The third-order valence-electron chi connectivity index (χ3n) is 12.0. The summed E-state index contributed by atoms with van der Waals surface area (Å²) in [6.45, 7) is 8.33. The number of benzene rings is 2. The average Bonchev–Trinajstić information content (AvgIpc) is 3.87. The van der Waals surface area contributed by atoms with Crippen molar-refractivity contribution in [3.8, 4) is 5.75 Å². The number of aromatic nitrogens is 3. The first kappa shape index (κ1) is 35.8. The molecule has 0 radical (unpaired) electrons. The summed E-state index contributed by atoms with van der Waals surface area (Å²) in [5.41, 5.74) is 5.43. The summed E-state index contributed by atoms with van der Waals surface area (Å²) in [5, 5.41) is 9.61. The highest BCUT2D eigenvalue weighted by Gasteiger charge is 2.40. The number of ether oxygens (including phenoxy) is 1. The van der Waals surface area contributed by atoms with Gasteiger partial charge in [-0.15, -0.1) is 0 Å². The Bertz CT molecular complexity index is 2250. The SMILES string of the molecule is CC(C)Oc1cc2c(cc1NC(=O)c1cnn3cccnc13)CN(C1CCN(C3CCN(c4ccc5c(c4)CN(C4CCC(=O)NC4=O)C5=O)CC3)CC1)C2=O. The molecule has 0 bridgehead atoms. The molecule has 4 aromatic rings. The summed E-state index contributed by atoms with van der Waals surface area (Å²) < 4.78 is 7.66. The van der Waals surface area contributed by atoms with Gasteiger partial charge in [0.1, 0.15) is 17.4 Å². The molecule has 15 heteroatoms. The van der Waals surface area contributed by atoms with Crippen molar-refractivity contribution in [1.82, 2.24) is 34.6 Å².